The molecule has 0 aromatic rings. The maximum absolute atomic E-state index is 5.06. The van der Waals surface area contributed by atoms with E-state index in [1.54, 1.807) is 0 Å². The Morgan fingerprint density at radius 2 is 1.04 bits per heavy atom. The molecule has 3 fully saturated rings. The molecule has 0 N–H and O–H groups in total. The maximum Gasteiger partial charge on any atom is 0.228 e. The lowest BCUT2D eigenvalue weighted by molar-refractivity contribution is 0.327. The highest BCUT2D eigenvalue weighted by molar-refractivity contribution is 6.24. The Morgan fingerprint density at radius 1 is 0.519 bits per heavy atom. The molecule has 5 heterocycles. The predicted octanol–water partition coefficient (Wildman–Crippen LogP) is 2.35. The van der Waals surface area contributed by atoms with Crippen molar-refractivity contribution in [3.8, 4) is 0 Å². The van der Waals surface area contributed by atoms with Gasteiger partial charge >= 0.3 is 0 Å². The lowest BCUT2D eigenvalue weighted by Gasteiger charge is -2.35. The first-order valence-corrected chi connectivity index (χ1v) is 11.0. The van der Waals surface area contributed by atoms with Crippen molar-refractivity contribution in [2.75, 3.05) is 39.3 Å². The summed E-state index contributed by atoms with van der Waals surface area (Å²) in [6.07, 6.45) is 11.4. The molecular formula is C20H31N7. The van der Waals surface area contributed by atoms with Crippen LogP contribution in [-0.4, -0.2) is 83.6 Å². The molecule has 0 amide bonds. The van der Waals surface area contributed by atoms with Crippen LogP contribution in [0.1, 0.15) is 57.8 Å². The fourth-order valence-electron chi connectivity index (χ4n) is 4.76. The second-order valence-corrected chi connectivity index (χ2v) is 8.33. The normalized spacial score (nSPS) is 29.0. The van der Waals surface area contributed by atoms with Crippen molar-refractivity contribution in [1.82, 2.24) is 14.7 Å². The summed E-state index contributed by atoms with van der Waals surface area (Å²) in [5, 5.41) is 0. The van der Waals surface area contributed by atoms with Gasteiger partial charge in [-0.15, -0.1) is 0 Å². The summed E-state index contributed by atoms with van der Waals surface area (Å²) in [5.41, 5.74) is 0. The van der Waals surface area contributed by atoms with Crippen LogP contribution in [0.5, 0.6) is 0 Å². The molecule has 0 bridgehead atoms. The van der Waals surface area contributed by atoms with Crippen LogP contribution in [0, 0.1) is 0 Å². The molecule has 1 unspecified atom stereocenters. The maximum atomic E-state index is 5.06. The van der Waals surface area contributed by atoms with Gasteiger partial charge in [0.2, 0.25) is 11.9 Å². The first-order chi connectivity index (χ1) is 13.4. The summed E-state index contributed by atoms with van der Waals surface area (Å²) < 4.78 is 0. The van der Waals surface area contributed by atoms with E-state index in [-0.39, 0.29) is 6.04 Å². The quantitative estimate of drug-likeness (QED) is 0.659. The predicted molar refractivity (Wildman–Crippen MR) is 110 cm³/mol. The van der Waals surface area contributed by atoms with Gasteiger partial charge < -0.3 is 14.7 Å². The van der Waals surface area contributed by atoms with Crippen LogP contribution in [0.3, 0.4) is 0 Å². The summed E-state index contributed by atoms with van der Waals surface area (Å²) in [5.74, 6) is 3.73. The smallest absolute Gasteiger partial charge is 0.228 e. The number of hydrogen-bond donors (Lipinski definition) is 0. The zero-order valence-electron chi connectivity index (χ0n) is 16.3. The van der Waals surface area contributed by atoms with E-state index in [0.29, 0.717) is 0 Å². The Labute approximate surface area is 162 Å². The van der Waals surface area contributed by atoms with E-state index in [4.69, 9.17) is 20.0 Å². The fourth-order valence-corrected chi connectivity index (χ4v) is 4.76. The highest BCUT2D eigenvalue weighted by Crippen LogP contribution is 2.24. The molecule has 0 aromatic heterocycles. The molecule has 0 aromatic carbocycles. The van der Waals surface area contributed by atoms with Gasteiger partial charge in [-0.2, -0.15) is 15.0 Å². The van der Waals surface area contributed by atoms with Crippen LogP contribution < -0.4 is 0 Å². The van der Waals surface area contributed by atoms with Gasteiger partial charge in [0.1, 0.15) is 5.84 Å². The van der Waals surface area contributed by atoms with Crippen molar-refractivity contribution in [2.24, 2.45) is 20.0 Å². The van der Waals surface area contributed by atoms with Crippen LogP contribution in [0.15, 0.2) is 20.0 Å². The molecule has 3 saturated heterocycles. The van der Waals surface area contributed by atoms with Gasteiger partial charge in [-0.25, -0.2) is 4.99 Å². The van der Waals surface area contributed by atoms with Crippen LogP contribution >= 0.6 is 0 Å². The van der Waals surface area contributed by atoms with Gasteiger partial charge in [0.05, 0.1) is 0 Å². The van der Waals surface area contributed by atoms with Gasteiger partial charge in [-0.3, -0.25) is 0 Å². The van der Waals surface area contributed by atoms with Crippen molar-refractivity contribution in [1.29, 1.82) is 0 Å². The first-order valence-electron chi connectivity index (χ1n) is 11.0. The van der Waals surface area contributed by atoms with Gasteiger partial charge in [0.25, 0.3) is 0 Å². The average Bonchev–Trinajstić information content (AvgIpc) is 3.19. The van der Waals surface area contributed by atoms with Crippen LogP contribution in [0.25, 0.3) is 0 Å². The minimum absolute atomic E-state index is 0.0893. The summed E-state index contributed by atoms with van der Waals surface area (Å²) in [6, 6.07) is -0.0893. The van der Waals surface area contributed by atoms with Gasteiger partial charge in [-0.05, 0) is 57.8 Å². The van der Waals surface area contributed by atoms with E-state index in [0.717, 1.165) is 62.9 Å². The molecule has 0 spiro atoms. The molecule has 5 rings (SSSR count). The topological polar surface area (TPSA) is 59.2 Å². The number of aliphatic imine (C=N–C) groups is 4. The van der Waals surface area contributed by atoms with Gasteiger partial charge in [0.15, 0.2) is 11.9 Å². The number of hydrogen-bond acceptors (Lipinski definition) is 7. The zero-order chi connectivity index (χ0) is 18.1. The van der Waals surface area contributed by atoms with Crippen molar-refractivity contribution < 1.29 is 0 Å². The van der Waals surface area contributed by atoms with E-state index >= 15 is 0 Å². The van der Waals surface area contributed by atoms with Crippen LogP contribution in [-0.2, 0) is 0 Å². The lowest BCUT2D eigenvalue weighted by Crippen LogP contribution is -2.48. The highest BCUT2D eigenvalue weighted by atomic mass is 15.4. The average molecular weight is 370 g/mol. The Kier molecular flexibility index (Phi) is 4.84. The first kappa shape index (κ1) is 17.2. The summed E-state index contributed by atoms with van der Waals surface area (Å²) >= 11 is 0. The molecule has 5 aliphatic heterocycles. The third-order valence-electron chi connectivity index (χ3n) is 6.34. The number of likely N-dealkylation sites (tertiary alicyclic amines) is 3. The summed E-state index contributed by atoms with van der Waals surface area (Å²) in [4.78, 5) is 27.0. The SMILES string of the molecule is C1CCN(C2=NC3=NC(N4CCCCC4)=NC3C(N3CCCCC3)=N2)CC1. The number of amidine groups is 2. The third-order valence-corrected chi connectivity index (χ3v) is 6.34. The van der Waals surface area contributed by atoms with Crippen molar-refractivity contribution in [3.63, 3.8) is 0 Å². The second kappa shape index (κ2) is 7.60. The minimum Gasteiger partial charge on any atom is -0.358 e. The molecule has 0 saturated carbocycles. The van der Waals surface area contributed by atoms with Crippen molar-refractivity contribution in [2.45, 2.75) is 63.8 Å². The zero-order valence-corrected chi connectivity index (χ0v) is 16.3. The number of fused-ring (bicyclic) bond motifs is 1. The molecule has 0 radical (unpaired) electrons. The summed E-state index contributed by atoms with van der Waals surface area (Å²) in [6.45, 7) is 6.44. The van der Waals surface area contributed by atoms with Crippen molar-refractivity contribution in [3.05, 3.63) is 0 Å². The Morgan fingerprint density at radius 3 is 1.63 bits per heavy atom. The lowest BCUT2D eigenvalue weighted by atomic mass is 10.1. The molecule has 146 valence electrons. The molecule has 7 heteroatoms. The van der Waals surface area contributed by atoms with Gasteiger partial charge in [-0.1, -0.05) is 0 Å². The van der Waals surface area contributed by atoms with E-state index in [1.165, 1.54) is 57.8 Å². The van der Waals surface area contributed by atoms with Crippen molar-refractivity contribution >= 4 is 23.6 Å². The fraction of sp³-hybridized carbons (Fsp3) is 0.800. The van der Waals surface area contributed by atoms with E-state index in [2.05, 4.69) is 14.7 Å². The molecule has 27 heavy (non-hydrogen) atoms. The largest absolute Gasteiger partial charge is 0.358 e. The minimum atomic E-state index is -0.0893. The number of rotatable bonds is 0. The second-order valence-electron chi connectivity index (χ2n) is 8.33. The Hall–Kier alpha value is -1.92. The van der Waals surface area contributed by atoms with E-state index < -0.39 is 0 Å². The molecule has 0 aliphatic carbocycles. The van der Waals surface area contributed by atoms with Crippen LogP contribution in [0.2, 0.25) is 0 Å². The Bertz CT molecular complexity index is 674. The molecule has 5 aliphatic rings. The monoisotopic (exact) mass is 369 g/mol. The number of guanidine groups is 2. The van der Waals surface area contributed by atoms with Crippen LogP contribution in [0.4, 0.5) is 0 Å². The summed E-state index contributed by atoms with van der Waals surface area (Å²) in [7, 11) is 0. The third kappa shape index (κ3) is 3.48. The number of nitrogens with zero attached hydrogens (tertiary/aromatic N) is 7. The standard InChI is InChI=1S/C20H31N7/c1-4-10-25(11-5-1)18-16-17(22-19(21-16)26-12-6-2-7-13-26)23-20(24-18)27-14-8-3-9-15-27/h16H,1-15H2. The number of piperidine rings is 3. The Balaban J connectivity index is 1.45. The van der Waals surface area contributed by atoms with Gasteiger partial charge in [0, 0.05) is 39.3 Å². The highest BCUT2D eigenvalue weighted by Gasteiger charge is 2.37. The molecular weight excluding hydrogens is 338 g/mol. The van der Waals surface area contributed by atoms with E-state index in [9.17, 15) is 0 Å². The molecule has 7 nitrogen and oxygen atoms in total. The van der Waals surface area contributed by atoms with E-state index in [1.807, 2.05) is 0 Å². The molecule has 1 atom stereocenters.